The highest BCUT2D eigenvalue weighted by Crippen LogP contribution is 2.41. The van der Waals surface area contributed by atoms with Crippen molar-refractivity contribution in [3.8, 4) is 22.3 Å². The van der Waals surface area contributed by atoms with E-state index in [1.807, 2.05) is 138 Å². The molecule has 4 aliphatic carbocycles. The molecule has 0 aliphatic heterocycles. The number of allylic oxidation sites excluding steroid dienone is 2. The quantitative estimate of drug-likeness (QED) is 0.0733. The van der Waals surface area contributed by atoms with Gasteiger partial charge in [0.2, 0.25) is 0 Å². The molecule has 0 spiro atoms. The Morgan fingerprint density at radius 3 is 1.51 bits per heavy atom. The second-order valence-corrected chi connectivity index (χ2v) is 26.4. The van der Waals surface area contributed by atoms with Crippen LogP contribution in [0.5, 0.6) is 0 Å². The predicted molar refractivity (Wildman–Crippen MR) is 365 cm³/mol. The van der Waals surface area contributed by atoms with Gasteiger partial charge in [-0.3, -0.25) is 33.9 Å². The van der Waals surface area contributed by atoms with Crippen LogP contribution < -0.4 is 21.8 Å². The Morgan fingerprint density at radius 1 is 0.627 bits per heavy atom. The van der Waals surface area contributed by atoms with Gasteiger partial charge in [-0.2, -0.15) is 0 Å². The lowest BCUT2D eigenvalue weighted by Crippen LogP contribution is -2.19. The molecule has 0 saturated heterocycles. The summed E-state index contributed by atoms with van der Waals surface area (Å²) in [5, 5.41) is 13.4. The molecule has 2 N–H and O–H groups in total. The SMILES string of the molecule is C.CC(=O)C1CC1.CS/C(=C\C(=O)C1CC1)Nc1ccc(C)c(-c2cc3cnc(C)cc3n(C)c2=O)c1.CSC(=CC(=O)C1CC1)SC.CSC(=S)SC.Cc1cc2c(cn1)cc(-c1cc(Nc3cc(C4CC4)on3)ccc1C)c(=O)n2C.[2H][2H].[2H][2H]. The number of hydrogen-bond donors (Lipinski definition) is 2. The van der Waals surface area contributed by atoms with Crippen LogP contribution in [0.4, 0.5) is 17.2 Å². The Kier molecular flexibility index (Phi) is 23.6. The summed E-state index contributed by atoms with van der Waals surface area (Å²) in [7, 11) is 3.60. The van der Waals surface area contributed by atoms with Gasteiger partial charge in [-0.1, -0.05) is 36.9 Å². The van der Waals surface area contributed by atoms with E-state index in [0.717, 1.165) is 124 Å². The highest BCUT2D eigenvalue weighted by molar-refractivity contribution is 8.46. The average Bonchev–Trinajstić information content (AvgIpc) is 2.07. The largest absolute Gasteiger partial charge is 0.359 e. The summed E-state index contributed by atoms with van der Waals surface area (Å²) >= 11 is 12.8. The first-order valence-corrected chi connectivity index (χ1v) is 33.7. The van der Waals surface area contributed by atoms with Gasteiger partial charge in [-0.05, 0) is 188 Å². The number of rotatable bonds is 15. The zero-order chi connectivity index (χ0) is 63.4. The van der Waals surface area contributed by atoms with Crippen molar-refractivity contribution in [2.24, 2.45) is 31.8 Å². The Bertz CT molecular complexity index is 3690. The van der Waals surface area contributed by atoms with Crippen molar-refractivity contribution in [3.63, 3.8) is 0 Å². The number of nitrogens with zero attached hydrogens (tertiary/aromatic N) is 5. The number of hydrogen-bond acceptors (Lipinski definition) is 17. The predicted octanol–water partition coefficient (Wildman–Crippen LogP) is 16.3. The van der Waals surface area contributed by atoms with E-state index in [0.29, 0.717) is 46.3 Å². The third-order valence-electron chi connectivity index (χ3n) is 14.2. The van der Waals surface area contributed by atoms with E-state index in [2.05, 4.69) is 25.8 Å². The van der Waals surface area contributed by atoms with Crippen LogP contribution in [0.15, 0.2) is 115 Å². The smallest absolute Gasteiger partial charge is 0.258 e. The molecule has 0 atom stereocenters. The minimum absolute atomic E-state index is 0. The number of anilines is 3. The molecule has 444 valence electrons. The highest BCUT2D eigenvalue weighted by atomic mass is 32.2. The number of nitrogens with one attached hydrogen (secondary N) is 2. The first kappa shape index (κ1) is 63.3. The van der Waals surface area contributed by atoms with E-state index in [4.69, 9.17) is 22.7 Å². The molecular weight excluding hydrogens is 1160 g/mol. The van der Waals surface area contributed by atoms with Crippen LogP contribution in [0.25, 0.3) is 44.1 Å². The number of carbonyl (C=O) groups excluding carboxylic acids is 3. The molecule has 83 heavy (non-hydrogen) atoms. The molecule has 11 rings (SSSR count). The van der Waals surface area contributed by atoms with Crippen molar-refractivity contribution >= 4 is 131 Å². The third kappa shape index (κ3) is 18.9. The van der Waals surface area contributed by atoms with Gasteiger partial charge in [0.25, 0.3) is 11.1 Å². The average molecular weight is 1240 g/mol. The Morgan fingerprint density at radius 2 is 1.10 bits per heavy atom. The molecule has 4 aliphatic rings. The summed E-state index contributed by atoms with van der Waals surface area (Å²) < 4.78 is 30.9. The van der Waals surface area contributed by atoms with E-state index in [9.17, 15) is 24.0 Å². The van der Waals surface area contributed by atoms with Crippen LogP contribution in [-0.2, 0) is 28.5 Å². The molecule has 4 saturated carbocycles. The summed E-state index contributed by atoms with van der Waals surface area (Å²) in [6.07, 6.45) is 25.9. The second kappa shape index (κ2) is 30.9. The highest BCUT2D eigenvalue weighted by Gasteiger charge is 2.30. The summed E-state index contributed by atoms with van der Waals surface area (Å²) in [6, 6.07) is 21.6. The number of carbonyl (C=O) groups is 3. The van der Waals surface area contributed by atoms with Crippen LogP contribution in [0.2, 0.25) is 0 Å². The summed E-state index contributed by atoms with van der Waals surface area (Å²) in [6.45, 7) is 9.52. The fourth-order valence-electron chi connectivity index (χ4n) is 8.63. The first-order chi connectivity index (χ1) is 41.2. The van der Waals surface area contributed by atoms with E-state index in [1.54, 1.807) is 89.4 Å². The topological polar surface area (TPSA) is 171 Å². The molecular formula is C64H81N7O6S6. The Balaban J connectivity index is 0.000000261. The van der Waals surface area contributed by atoms with E-state index in [-0.39, 0.29) is 30.2 Å². The van der Waals surface area contributed by atoms with Crippen LogP contribution in [0, 0.1) is 45.4 Å². The lowest BCUT2D eigenvalue weighted by atomic mass is 9.99. The van der Waals surface area contributed by atoms with Crippen molar-refractivity contribution < 1.29 is 24.8 Å². The molecule has 13 nitrogen and oxygen atoms in total. The van der Waals surface area contributed by atoms with E-state index < -0.39 is 0 Å². The van der Waals surface area contributed by atoms with Crippen LogP contribution in [0.3, 0.4) is 0 Å². The zero-order valence-corrected chi connectivity index (χ0v) is 53.7. The maximum absolute atomic E-state index is 13.1. The van der Waals surface area contributed by atoms with Gasteiger partial charge in [0.1, 0.15) is 15.1 Å². The molecule has 2 aromatic carbocycles. The fourth-order valence-corrected chi connectivity index (χ4v) is 10.9. The monoisotopic (exact) mass is 1240 g/mol. The van der Waals surface area contributed by atoms with Gasteiger partial charge in [0.05, 0.1) is 16.1 Å². The molecule has 4 fully saturated rings. The molecule has 0 bridgehead atoms. The number of pyridine rings is 4. The minimum atomic E-state index is -0.0436. The van der Waals surface area contributed by atoms with Gasteiger partial charge < -0.3 is 24.3 Å². The summed E-state index contributed by atoms with van der Waals surface area (Å²) in [5.41, 5.74) is 10.3. The molecule has 0 amide bonds. The molecule has 5 heterocycles. The normalized spacial score (nSPS) is 14.4. The van der Waals surface area contributed by atoms with Gasteiger partial charge in [-0.25, -0.2) is 0 Å². The molecule has 19 heteroatoms. The Hall–Kier alpha value is -5.70. The maximum atomic E-state index is 13.1. The van der Waals surface area contributed by atoms with Crippen LogP contribution in [-0.4, -0.2) is 76.4 Å². The molecule has 0 unspecified atom stereocenters. The van der Waals surface area contributed by atoms with Crippen molar-refractivity contribution in [2.75, 3.05) is 41.9 Å². The number of fused-ring (bicyclic) bond motifs is 2. The third-order valence-corrected chi connectivity index (χ3v) is 19.6. The number of thioether (sulfide) groups is 5. The molecule has 0 radical (unpaired) electrons. The number of aromatic nitrogens is 5. The number of Topliss-reactive ketones (excluding diaryl/α,β-unsaturated/α-hetero) is 1. The lowest BCUT2D eigenvalue weighted by Gasteiger charge is -2.14. The molecule has 5 aromatic heterocycles. The summed E-state index contributed by atoms with van der Waals surface area (Å²) in [4.78, 5) is 68.6. The lowest BCUT2D eigenvalue weighted by molar-refractivity contribution is -0.118. The van der Waals surface area contributed by atoms with Gasteiger partial charge in [0.15, 0.2) is 17.4 Å². The number of thiocarbonyl (C=S) groups is 1. The van der Waals surface area contributed by atoms with Crippen molar-refractivity contribution in [1.29, 1.82) is 0 Å². The second-order valence-electron chi connectivity index (χ2n) is 20.8. The Labute approximate surface area is 521 Å². The van der Waals surface area contributed by atoms with Crippen LogP contribution >= 0.6 is 71.0 Å². The first-order valence-electron chi connectivity index (χ1n) is 29.2. The maximum Gasteiger partial charge on any atom is 0.258 e. The fraction of sp³-hybridized carbons (Fsp3) is 0.391. The number of aryl methyl sites for hydroxylation is 6. The number of ketones is 3. The van der Waals surface area contributed by atoms with Crippen molar-refractivity contribution in [2.45, 2.75) is 99.3 Å². The van der Waals surface area contributed by atoms with E-state index >= 15 is 0 Å². The summed E-state index contributed by atoms with van der Waals surface area (Å²) in [5.74, 6) is 4.04. The van der Waals surface area contributed by atoms with Crippen LogP contribution in [0.1, 0.15) is 106 Å². The molecule has 7 aromatic rings. The standard InChI is InChI=1S/C24H25N3O2S.C23H22N4O2.C8H12OS2.C5H8O.C3H6S3.CH4.2H2/c1-14-5-8-18(26-23(30-4)12-22(28)16-6-7-16)11-19(14)20-10-17-13-25-15(2)9-21(17)27(3)24(20)29;1-13-4-7-17(25-22-11-21(29-26-22)15-5-6-15)10-18(13)19-9-16-12-24-14(2)8-20(16)27(3)23(19)28;1-10-8(11-2)5-7(9)6-3-4-6;1-4(6)5-2-3-5;1-5-3(4)6-2;;;/h5,8-13,16,26H,6-7H2,1-4H3;4,7-12,15H,5-6H2,1-3H3,(H,25,26);5-6H,3-4H2,1-2H3;5H,2-3H2,1H3;1-2H3;1H4;2*1H/b23-12-;;;;;;;/i;;;;;;2*1+1D. The van der Waals surface area contributed by atoms with Crippen molar-refractivity contribution in [3.05, 3.63) is 150 Å². The van der Waals surface area contributed by atoms with Gasteiger partial charge >= 0.3 is 0 Å². The van der Waals surface area contributed by atoms with Gasteiger partial charge in [0, 0.05) is 123 Å². The van der Waals surface area contributed by atoms with Gasteiger partial charge in [-0.15, -0.1) is 58.8 Å². The van der Waals surface area contributed by atoms with Crippen molar-refractivity contribution in [1.82, 2.24) is 24.3 Å². The number of benzene rings is 2. The zero-order valence-electron chi connectivity index (χ0n) is 52.8. The minimum Gasteiger partial charge on any atom is -0.359 e. The van der Waals surface area contributed by atoms with E-state index in [1.165, 1.54) is 24.6 Å².